The molecule has 1 heterocycles. The van der Waals surface area contributed by atoms with E-state index in [1.165, 1.54) is 5.56 Å². The Labute approximate surface area is 115 Å². The van der Waals surface area contributed by atoms with Gasteiger partial charge in [0.15, 0.2) is 0 Å². The van der Waals surface area contributed by atoms with Crippen LogP contribution in [0, 0.1) is 0 Å². The molecule has 0 bridgehead atoms. The second-order valence-corrected chi connectivity index (χ2v) is 4.71. The number of nitrogens with one attached hydrogen (secondary N) is 1. The first-order valence-electron chi connectivity index (χ1n) is 5.85. The zero-order chi connectivity index (χ0) is 12.8. The van der Waals surface area contributed by atoms with Crippen molar-refractivity contribution >= 4 is 21.7 Å². The van der Waals surface area contributed by atoms with Crippen molar-refractivity contribution in [1.29, 1.82) is 0 Å². The van der Waals surface area contributed by atoms with Gasteiger partial charge in [-0.2, -0.15) is 0 Å². The molecule has 4 heteroatoms. The molecule has 0 amide bonds. The van der Waals surface area contributed by atoms with Crippen LogP contribution in [0.4, 0.5) is 5.82 Å². The fraction of sp³-hybridized carbons (Fsp3) is 0.214. The first-order chi connectivity index (χ1) is 8.78. The smallest absolute Gasteiger partial charge is 0.126 e. The lowest BCUT2D eigenvalue weighted by atomic mass is 10.2. The third-order valence-electron chi connectivity index (χ3n) is 2.44. The molecule has 0 radical (unpaired) electrons. The third-order valence-corrected chi connectivity index (χ3v) is 2.90. The summed E-state index contributed by atoms with van der Waals surface area (Å²) in [5, 5.41) is 3.27. The zero-order valence-electron chi connectivity index (χ0n) is 10.2. The number of nitrogens with zero attached hydrogens (tertiary/aromatic N) is 1. The highest BCUT2D eigenvalue weighted by molar-refractivity contribution is 9.10. The first-order valence-corrected chi connectivity index (χ1v) is 6.64. The summed E-state index contributed by atoms with van der Waals surface area (Å²) >= 11 is 3.36. The maximum absolute atomic E-state index is 5.40. The number of rotatable bonds is 5. The van der Waals surface area contributed by atoms with Gasteiger partial charge in [-0.15, -0.1) is 0 Å². The van der Waals surface area contributed by atoms with Crippen LogP contribution in [0.5, 0.6) is 5.75 Å². The van der Waals surface area contributed by atoms with Gasteiger partial charge in [0.05, 0.1) is 6.61 Å². The molecule has 2 rings (SSSR count). The minimum Gasteiger partial charge on any atom is -0.494 e. The average Bonchev–Trinajstić information content (AvgIpc) is 2.40. The van der Waals surface area contributed by atoms with Crippen molar-refractivity contribution in [3.63, 3.8) is 0 Å². The second kappa shape index (κ2) is 6.40. The van der Waals surface area contributed by atoms with Gasteiger partial charge in [0.25, 0.3) is 0 Å². The van der Waals surface area contributed by atoms with Gasteiger partial charge in [0.2, 0.25) is 0 Å². The first kappa shape index (κ1) is 12.9. The van der Waals surface area contributed by atoms with Crippen molar-refractivity contribution in [3.8, 4) is 5.75 Å². The minimum absolute atomic E-state index is 0.695. The van der Waals surface area contributed by atoms with Gasteiger partial charge < -0.3 is 10.1 Å². The van der Waals surface area contributed by atoms with Crippen LogP contribution in [0.1, 0.15) is 12.5 Å². The third kappa shape index (κ3) is 3.74. The molecule has 0 aliphatic rings. The number of benzene rings is 1. The summed E-state index contributed by atoms with van der Waals surface area (Å²) in [6.45, 7) is 3.43. The van der Waals surface area contributed by atoms with Crippen LogP contribution in [0.25, 0.3) is 0 Å². The van der Waals surface area contributed by atoms with Gasteiger partial charge in [-0.05, 0) is 52.7 Å². The minimum atomic E-state index is 0.695. The van der Waals surface area contributed by atoms with E-state index in [1.807, 2.05) is 31.2 Å². The lowest BCUT2D eigenvalue weighted by Gasteiger charge is -2.07. The average molecular weight is 307 g/mol. The highest BCUT2D eigenvalue weighted by Crippen LogP contribution is 2.14. The molecule has 1 N–H and O–H groups in total. The molecular formula is C14H15BrN2O. The maximum atomic E-state index is 5.40. The van der Waals surface area contributed by atoms with Crippen molar-refractivity contribution < 1.29 is 4.74 Å². The molecule has 0 fully saturated rings. The van der Waals surface area contributed by atoms with Gasteiger partial charge >= 0.3 is 0 Å². The number of pyridine rings is 1. The van der Waals surface area contributed by atoms with Gasteiger partial charge in [0.1, 0.15) is 11.6 Å². The normalized spacial score (nSPS) is 10.1. The topological polar surface area (TPSA) is 34.1 Å². The summed E-state index contributed by atoms with van der Waals surface area (Å²) < 4.78 is 6.38. The summed E-state index contributed by atoms with van der Waals surface area (Å²) in [5.74, 6) is 1.77. The van der Waals surface area contributed by atoms with Crippen LogP contribution >= 0.6 is 15.9 Å². The highest BCUT2D eigenvalue weighted by atomic mass is 79.9. The van der Waals surface area contributed by atoms with Gasteiger partial charge in [-0.3, -0.25) is 0 Å². The van der Waals surface area contributed by atoms with E-state index in [9.17, 15) is 0 Å². The standard InChI is InChI=1S/C14H15BrN2O/c1-2-18-13-6-3-11(4-7-13)9-16-14-8-5-12(15)10-17-14/h3-8,10H,2,9H2,1H3,(H,16,17). The van der Waals surface area contributed by atoms with Crippen molar-refractivity contribution in [2.75, 3.05) is 11.9 Å². The van der Waals surface area contributed by atoms with Crippen molar-refractivity contribution in [2.24, 2.45) is 0 Å². The summed E-state index contributed by atoms with van der Waals surface area (Å²) in [6, 6.07) is 12.0. The van der Waals surface area contributed by atoms with E-state index in [-0.39, 0.29) is 0 Å². The number of halogens is 1. The predicted molar refractivity (Wildman–Crippen MR) is 76.9 cm³/mol. The quantitative estimate of drug-likeness (QED) is 0.911. The van der Waals surface area contributed by atoms with Crippen molar-refractivity contribution in [2.45, 2.75) is 13.5 Å². The molecule has 0 aliphatic carbocycles. The lowest BCUT2D eigenvalue weighted by molar-refractivity contribution is 0.340. The molecule has 94 valence electrons. The van der Waals surface area contributed by atoms with Gasteiger partial charge in [0, 0.05) is 17.2 Å². The Morgan fingerprint density at radius 1 is 1.17 bits per heavy atom. The van der Waals surface area contributed by atoms with E-state index < -0.39 is 0 Å². The predicted octanol–water partition coefficient (Wildman–Crippen LogP) is 3.85. The highest BCUT2D eigenvalue weighted by Gasteiger charge is 1.97. The SMILES string of the molecule is CCOc1ccc(CNc2ccc(Br)cn2)cc1. The molecule has 0 unspecified atom stereocenters. The number of aromatic nitrogens is 1. The molecular weight excluding hydrogens is 292 g/mol. The molecule has 0 saturated heterocycles. The molecule has 0 aliphatic heterocycles. The molecule has 2 aromatic rings. The van der Waals surface area contributed by atoms with Crippen LogP contribution in [0.15, 0.2) is 47.1 Å². The van der Waals surface area contributed by atoms with E-state index in [1.54, 1.807) is 6.20 Å². The molecule has 0 atom stereocenters. The van der Waals surface area contributed by atoms with Crippen LogP contribution in [0.2, 0.25) is 0 Å². The van der Waals surface area contributed by atoms with Crippen LogP contribution < -0.4 is 10.1 Å². The largest absolute Gasteiger partial charge is 0.494 e. The number of hydrogen-bond acceptors (Lipinski definition) is 3. The Balaban J connectivity index is 1.91. The van der Waals surface area contributed by atoms with Crippen molar-refractivity contribution in [3.05, 3.63) is 52.6 Å². The van der Waals surface area contributed by atoms with Crippen LogP contribution in [-0.2, 0) is 6.54 Å². The Kier molecular flexibility index (Phi) is 4.59. The molecule has 1 aromatic heterocycles. The van der Waals surface area contributed by atoms with Crippen LogP contribution in [0.3, 0.4) is 0 Å². The van der Waals surface area contributed by atoms with E-state index in [4.69, 9.17) is 4.74 Å². The number of ether oxygens (including phenoxy) is 1. The number of anilines is 1. The summed E-state index contributed by atoms with van der Waals surface area (Å²) in [7, 11) is 0. The monoisotopic (exact) mass is 306 g/mol. The zero-order valence-corrected chi connectivity index (χ0v) is 11.8. The van der Waals surface area contributed by atoms with Crippen molar-refractivity contribution in [1.82, 2.24) is 4.98 Å². The lowest BCUT2D eigenvalue weighted by Crippen LogP contribution is -2.01. The molecule has 18 heavy (non-hydrogen) atoms. The Hall–Kier alpha value is -1.55. The van der Waals surface area contributed by atoms with E-state index >= 15 is 0 Å². The Morgan fingerprint density at radius 2 is 1.94 bits per heavy atom. The Bertz CT molecular complexity index is 482. The summed E-state index contributed by atoms with van der Waals surface area (Å²) in [6.07, 6.45) is 1.78. The fourth-order valence-corrected chi connectivity index (χ4v) is 1.78. The van der Waals surface area contributed by atoms with Crippen LogP contribution in [-0.4, -0.2) is 11.6 Å². The molecule has 0 saturated carbocycles. The molecule has 1 aromatic carbocycles. The van der Waals surface area contributed by atoms with Gasteiger partial charge in [-0.25, -0.2) is 4.98 Å². The summed E-state index contributed by atoms with van der Waals surface area (Å²) in [5.41, 5.74) is 1.20. The fourth-order valence-electron chi connectivity index (χ4n) is 1.54. The van der Waals surface area contributed by atoms with E-state index in [0.29, 0.717) is 6.61 Å². The molecule has 0 spiro atoms. The van der Waals surface area contributed by atoms with E-state index in [2.05, 4.69) is 38.4 Å². The maximum Gasteiger partial charge on any atom is 0.126 e. The molecule has 3 nitrogen and oxygen atoms in total. The second-order valence-electron chi connectivity index (χ2n) is 3.79. The Morgan fingerprint density at radius 3 is 2.56 bits per heavy atom. The van der Waals surface area contributed by atoms with E-state index in [0.717, 1.165) is 22.6 Å². The number of hydrogen-bond donors (Lipinski definition) is 1. The van der Waals surface area contributed by atoms with Gasteiger partial charge in [-0.1, -0.05) is 12.1 Å². The summed E-state index contributed by atoms with van der Waals surface area (Å²) in [4.78, 5) is 4.26.